The number of rotatable bonds is 3. The average molecular weight is 255 g/mol. The molecule has 1 heterocycles. The molecule has 1 fully saturated rings. The summed E-state index contributed by atoms with van der Waals surface area (Å²) in [4.78, 5) is 12.9. The van der Waals surface area contributed by atoms with E-state index in [9.17, 15) is 4.79 Å². The van der Waals surface area contributed by atoms with E-state index in [0.717, 1.165) is 5.69 Å². The van der Waals surface area contributed by atoms with E-state index in [-0.39, 0.29) is 6.04 Å². The van der Waals surface area contributed by atoms with E-state index in [0.29, 0.717) is 18.0 Å². The van der Waals surface area contributed by atoms with Gasteiger partial charge in [0.05, 0.1) is 0 Å². The highest BCUT2D eigenvalue weighted by atomic mass is 35.5. The zero-order valence-corrected chi connectivity index (χ0v) is 10.3. The standard InChI is InChI=1S/C12H15ClN2O2/c1-15(9-4-2-3-8(13)5-9)10-6-11(12(16)17)14-7-10/h2-5,10-11,14H,6-7H2,1H3,(H,16,17). The van der Waals surface area contributed by atoms with Gasteiger partial charge in [0.2, 0.25) is 0 Å². The van der Waals surface area contributed by atoms with Crippen molar-refractivity contribution in [3.63, 3.8) is 0 Å². The van der Waals surface area contributed by atoms with Crippen molar-refractivity contribution in [1.29, 1.82) is 0 Å². The molecule has 0 aromatic heterocycles. The van der Waals surface area contributed by atoms with E-state index < -0.39 is 12.0 Å². The van der Waals surface area contributed by atoms with E-state index >= 15 is 0 Å². The second kappa shape index (κ2) is 4.94. The van der Waals surface area contributed by atoms with Gasteiger partial charge in [0, 0.05) is 30.3 Å². The molecule has 17 heavy (non-hydrogen) atoms. The minimum Gasteiger partial charge on any atom is -0.480 e. The van der Waals surface area contributed by atoms with Gasteiger partial charge >= 0.3 is 5.97 Å². The van der Waals surface area contributed by atoms with E-state index in [1.54, 1.807) is 0 Å². The van der Waals surface area contributed by atoms with Crippen LogP contribution in [-0.4, -0.2) is 36.8 Å². The van der Waals surface area contributed by atoms with Crippen molar-refractivity contribution in [1.82, 2.24) is 5.32 Å². The molecule has 1 aromatic carbocycles. The van der Waals surface area contributed by atoms with Gasteiger partial charge in [-0.3, -0.25) is 4.79 Å². The third-order valence-electron chi connectivity index (χ3n) is 3.17. The summed E-state index contributed by atoms with van der Waals surface area (Å²) in [5, 5.41) is 12.6. The predicted molar refractivity (Wildman–Crippen MR) is 67.7 cm³/mol. The molecular weight excluding hydrogens is 240 g/mol. The van der Waals surface area contributed by atoms with Gasteiger partial charge < -0.3 is 15.3 Å². The Morgan fingerprint density at radius 2 is 2.35 bits per heavy atom. The predicted octanol–water partition coefficient (Wildman–Crippen LogP) is 1.59. The topological polar surface area (TPSA) is 52.6 Å². The molecule has 1 aliphatic rings. The van der Waals surface area contributed by atoms with Crippen molar-refractivity contribution >= 4 is 23.3 Å². The molecule has 1 aliphatic heterocycles. The van der Waals surface area contributed by atoms with Crippen LogP contribution in [0.1, 0.15) is 6.42 Å². The Morgan fingerprint density at radius 1 is 1.59 bits per heavy atom. The van der Waals surface area contributed by atoms with E-state index in [1.165, 1.54) is 0 Å². The third-order valence-corrected chi connectivity index (χ3v) is 3.40. The minimum absolute atomic E-state index is 0.189. The molecule has 2 rings (SSSR count). The van der Waals surface area contributed by atoms with Gasteiger partial charge in [-0.2, -0.15) is 0 Å². The van der Waals surface area contributed by atoms with E-state index in [2.05, 4.69) is 10.2 Å². The third kappa shape index (κ3) is 2.70. The van der Waals surface area contributed by atoms with Crippen LogP contribution in [0.25, 0.3) is 0 Å². The molecule has 0 spiro atoms. The molecule has 0 amide bonds. The number of carboxylic acid groups (broad SMARTS) is 1. The Balaban J connectivity index is 2.06. The van der Waals surface area contributed by atoms with Crippen molar-refractivity contribution in [3.8, 4) is 0 Å². The van der Waals surface area contributed by atoms with Crippen molar-refractivity contribution in [2.75, 3.05) is 18.5 Å². The number of anilines is 1. The first kappa shape index (κ1) is 12.2. The summed E-state index contributed by atoms with van der Waals surface area (Å²) in [6, 6.07) is 7.32. The number of hydrogen-bond donors (Lipinski definition) is 2. The second-order valence-corrected chi connectivity index (χ2v) is 4.72. The van der Waals surface area contributed by atoms with E-state index in [1.807, 2.05) is 31.3 Å². The Hall–Kier alpha value is -1.26. The van der Waals surface area contributed by atoms with Gasteiger partial charge in [-0.25, -0.2) is 0 Å². The number of hydrogen-bond acceptors (Lipinski definition) is 3. The van der Waals surface area contributed by atoms with Crippen LogP contribution in [0.3, 0.4) is 0 Å². The van der Waals surface area contributed by atoms with Crippen LogP contribution < -0.4 is 10.2 Å². The smallest absolute Gasteiger partial charge is 0.320 e. The normalized spacial score (nSPS) is 23.6. The van der Waals surface area contributed by atoms with Gasteiger partial charge in [0.25, 0.3) is 0 Å². The van der Waals surface area contributed by atoms with Crippen molar-refractivity contribution in [2.45, 2.75) is 18.5 Å². The lowest BCUT2D eigenvalue weighted by Gasteiger charge is -2.26. The Kier molecular flexibility index (Phi) is 3.54. The molecule has 0 aliphatic carbocycles. The van der Waals surface area contributed by atoms with Gasteiger partial charge in [-0.15, -0.1) is 0 Å². The highest BCUT2D eigenvalue weighted by Crippen LogP contribution is 2.23. The first-order chi connectivity index (χ1) is 8.08. The first-order valence-corrected chi connectivity index (χ1v) is 5.90. The molecule has 2 atom stereocenters. The number of likely N-dealkylation sites (N-methyl/N-ethyl adjacent to an activating group) is 1. The monoisotopic (exact) mass is 254 g/mol. The van der Waals surface area contributed by atoms with Gasteiger partial charge in [0.15, 0.2) is 0 Å². The van der Waals surface area contributed by atoms with Gasteiger partial charge in [-0.1, -0.05) is 17.7 Å². The average Bonchev–Trinajstić information content (AvgIpc) is 2.77. The number of carboxylic acids is 1. The molecule has 5 heteroatoms. The highest BCUT2D eigenvalue weighted by molar-refractivity contribution is 6.30. The molecule has 4 nitrogen and oxygen atoms in total. The molecular formula is C12H15ClN2O2. The largest absolute Gasteiger partial charge is 0.480 e. The van der Waals surface area contributed by atoms with Crippen molar-refractivity contribution in [3.05, 3.63) is 29.3 Å². The van der Waals surface area contributed by atoms with Crippen LogP contribution in [0.4, 0.5) is 5.69 Å². The quantitative estimate of drug-likeness (QED) is 0.860. The summed E-state index contributed by atoms with van der Waals surface area (Å²) < 4.78 is 0. The highest BCUT2D eigenvalue weighted by Gasteiger charge is 2.31. The summed E-state index contributed by atoms with van der Waals surface area (Å²) in [6.07, 6.45) is 0.609. The number of nitrogens with zero attached hydrogens (tertiary/aromatic N) is 1. The van der Waals surface area contributed by atoms with Gasteiger partial charge in [-0.05, 0) is 24.6 Å². The molecule has 0 radical (unpaired) electrons. The molecule has 0 bridgehead atoms. The molecule has 0 saturated carbocycles. The maximum absolute atomic E-state index is 10.9. The van der Waals surface area contributed by atoms with Crippen LogP contribution in [0.15, 0.2) is 24.3 Å². The number of nitrogens with one attached hydrogen (secondary N) is 1. The number of halogens is 1. The van der Waals surface area contributed by atoms with Crippen LogP contribution in [-0.2, 0) is 4.79 Å². The fourth-order valence-corrected chi connectivity index (χ4v) is 2.29. The zero-order valence-electron chi connectivity index (χ0n) is 9.56. The van der Waals surface area contributed by atoms with Crippen LogP contribution >= 0.6 is 11.6 Å². The molecule has 92 valence electrons. The first-order valence-electron chi connectivity index (χ1n) is 5.52. The number of carbonyl (C=O) groups is 1. The SMILES string of the molecule is CN(c1cccc(Cl)c1)C1CNC(C(=O)O)C1. The van der Waals surface area contributed by atoms with Crippen molar-refractivity contribution in [2.24, 2.45) is 0 Å². The summed E-state index contributed by atoms with van der Waals surface area (Å²) in [5.74, 6) is -0.785. The Morgan fingerprint density at radius 3 is 2.94 bits per heavy atom. The van der Waals surface area contributed by atoms with Crippen molar-refractivity contribution < 1.29 is 9.90 Å². The fourth-order valence-electron chi connectivity index (χ4n) is 2.11. The lowest BCUT2D eigenvalue weighted by atomic mass is 10.1. The van der Waals surface area contributed by atoms with Crippen LogP contribution in [0, 0.1) is 0 Å². The lowest BCUT2D eigenvalue weighted by Crippen LogP contribution is -2.33. The summed E-state index contributed by atoms with van der Waals surface area (Å²) in [5.41, 5.74) is 1.01. The van der Waals surface area contributed by atoms with E-state index in [4.69, 9.17) is 16.7 Å². The minimum atomic E-state index is -0.785. The molecule has 1 aromatic rings. The number of benzene rings is 1. The maximum Gasteiger partial charge on any atom is 0.320 e. The molecule has 2 unspecified atom stereocenters. The second-order valence-electron chi connectivity index (χ2n) is 4.28. The molecule has 2 N–H and O–H groups in total. The van der Waals surface area contributed by atoms with Crippen LogP contribution in [0.2, 0.25) is 5.02 Å². The Labute approximate surface area is 105 Å². The fraction of sp³-hybridized carbons (Fsp3) is 0.417. The molecule has 1 saturated heterocycles. The summed E-state index contributed by atoms with van der Waals surface area (Å²) >= 11 is 5.94. The van der Waals surface area contributed by atoms with Crippen LogP contribution in [0.5, 0.6) is 0 Å². The summed E-state index contributed by atoms with van der Waals surface area (Å²) in [6.45, 7) is 0.681. The summed E-state index contributed by atoms with van der Waals surface area (Å²) in [7, 11) is 1.96. The number of aliphatic carboxylic acids is 1. The zero-order chi connectivity index (χ0) is 12.4. The maximum atomic E-state index is 10.9. The Bertz CT molecular complexity index is 425. The lowest BCUT2D eigenvalue weighted by molar-refractivity contribution is -0.139. The van der Waals surface area contributed by atoms with Gasteiger partial charge in [0.1, 0.15) is 6.04 Å².